The van der Waals surface area contributed by atoms with Gasteiger partial charge in [-0.1, -0.05) is 6.92 Å². The molecule has 1 saturated heterocycles. The highest BCUT2D eigenvalue weighted by Gasteiger charge is 2.28. The smallest absolute Gasteiger partial charge is 0.228 e. The van der Waals surface area contributed by atoms with Crippen molar-refractivity contribution in [3.8, 4) is 0 Å². The predicted octanol–water partition coefficient (Wildman–Crippen LogP) is 1.22. The van der Waals surface area contributed by atoms with Gasteiger partial charge in [0, 0.05) is 30.7 Å². The number of H-pyrrole nitrogens is 1. The second kappa shape index (κ2) is 6.33. The lowest BCUT2D eigenvalue weighted by molar-refractivity contribution is -0.138. The molecule has 1 fully saturated rings. The molecule has 4 rings (SSSR count). The summed E-state index contributed by atoms with van der Waals surface area (Å²) in [5.41, 5.74) is 0.793. The Hall–Kier alpha value is -2.26. The summed E-state index contributed by atoms with van der Waals surface area (Å²) in [6.45, 7) is 3.56. The zero-order valence-electron chi connectivity index (χ0n) is 13.3. The number of aromatic nitrogens is 5. The number of morpholine rings is 1. The van der Waals surface area contributed by atoms with Gasteiger partial charge in [0.1, 0.15) is 11.9 Å². The van der Waals surface area contributed by atoms with Gasteiger partial charge in [-0.3, -0.25) is 14.3 Å². The number of thiazole rings is 1. The third kappa shape index (κ3) is 2.92. The first-order valence-electron chi connectivity index (χ1n) is 7.94. The molecule has 1 N–H and O–H groups in total. The molecule has 1 aliphatic heterocycles. The molecule has 3 aromatic heterocycles. The number of nitrogens with one attached hydrogen (secondary N) is 1. The molecular formula is C15H18N6O2S. The van der Waals surface area contributed by atoms with Crippen LogP contribution < -0.4 is 0 Å². The largest absolute Gasteiger partial charge is 0.366 e. The zero-order valence-corrected chi connectivity index (χ0v) is 14.1. The molecule has 3 aromatic rings. The van der Waals surface area contributed by atoms with Crippen molar-refractivity contribution in [3.05, 3.63) is 35.1 Å². The van der Waals surface area contributed by atoms with Crippen LogP contribution >= 0.6 is 11.3 Å². The van der Waals surface area contributed by atoms with Gasteiger partial charge in [0.05, 0.1) is 25.3 Å². The molecule has 8 nitrogen and oxygen atoms in total. The highest BCUT2D eigenvalue weighted by atomic mass is 32.1. The van der Waals surface area contributed by atoms with Gasteiger partial charge in [0.25, 0.3) is 0 Å². The lowest BCUT2D eigenvalue weighted by atomic mass is 10.2. The Kier molecular flexibility index (Phi) is 4.03. The summed E-state index contributed by atoms with van der Waals surface area (Å²) in [5.74, 6) is 1.50. The van der Waals surface area contributed by atoms with Gasteiger partial charge in [-0.15, -0.1) is 11.3 Å². The van der Waals surface area contributed by atoms with E-state index < -0.39 is 0 Å². The Morgan fingerprint density at radius 3 is 3.21 bits per heavy atom. The van der Waals surface area contributed by atoms with Crippen molar-refractivity contribution in [1.29, 1.82) is 0 Å². The van der Waals surface area contributed by atoms with Gasteiger partial charge in [0.15, 0.2) is 10.8 Å². The molecular weight excluding hydrogens is 328 g/mol. The molecule has 24 heavy (non-hydrogen) atoms. The van der Waals surface area contributed by atoms with Gasteiger partial charge in [-0.05, 0) is 0 Å². The van der Waals surface area contributed by atoms with Crippen LogP contribution in [0.5, 0.6) is 0 Å². The molecule has 0 bridgehead atoms. The van der Waals surface area contributed by atoms with E-state index in [9.17, 15) is 4.79 Å². The van der Waals surface area contributed by atoms with Gasteiger partial charge in [-0.25, -0.2) is 9.97 Å². The molecule has 1 atom stereocenters. The third-order valence-electron chi connectivity index (χ3n) is 4.07. The summed E-state index contributed by atoms with van der Waals surface area (Å²) in [6.07, 6.45) is 4.67. The summed E-state index contributed by atoms with van der Waals surface area (Å²) in [5, 5.41) is 9.06. The minimum atomic E-state index is -0.273. The summed E-state index contributed by atoms with van der Waals surface area (Å²) in [7, 11) is 0. The fourth-order valence-electron chi connectivity index (χ4n) is 2.77. The Morgan fingerprint density at radius 1 is 1.50 bits per heavy atom. The monoisotopic (exact) mass is 346 g/mol. The van der Waals surface area contributed by atoms with Crippen LogP contribution in [0.4, 0.5) is 0 Å². The Bertz CT molecular complexity index is 825. The van der Waals surface area contributed by atoms with E-state index in [2.05, 4.69) is 20.2 Å². The molecule has 0 radical (unpaired) electrons. The van der Waals surface area contributed by atoms with E-state index in [-0.39, 0.29) is 12.0 Å². The van der Waals surface area contributed by atoms with E-state index in [0.29, 0.717) is 31.9 Å². The number of imidazole rings is 1. The number of carbonyl (C=O) groups is 1. The van der Waals surface area contributed by atoms with E-state index in [1.165, 1.54) is 0 Å². The van der Waals surface area contributed by atoms with Crippen LogP contribution in [0, 0.1) is 0 Å². The van der Waals surface area contributed by atoms with Gasteiger partial charge in [-0.2, -0.15) is 5.10 Å². The van der Waals surface area contributed by atoms with E-state index in [4.69, 9.17) is 4.74 Å². The number of ether oxygens (including phenoxy) is 1. The van der Waals surface area contributed by atoms with Crippen molar-refractivity contribution >= 4 is 22.2 Å². The summed E-state index contributed by atoms with van der Waals surface area (Å²) in [6, 6.07) is 0. The minimum Gasteiger partial charge on any atom is -0.366 e. The SMILES string of the molecule is CCc1nc(C2CN(C(=O)Cc3cn4ccsc4n3)CCO2)n[nH]1. The molecule has 1 aliphatic rings. The van der Waals surface area contributed by atoms with Crippen molar-refractivity contribution in [2.24, 2.45) is 0 Å². The predicted molar refractivity (Wildman–Crippen MR) is 87.8 cm³/mol. The fourth-order valence-corrected chi connectivity index (χ4v) is 3.49. The fraction of sp³-hybridized carbons (Fsp3) is 0.467. The molecule has 4 heterocycles. The van der Waals surface area contributed by atoms with Crippen LogP contribution in [-0.4, -0.2) is 55.1 Å². The van der Waals surface area contributed by atoms with Crippen LogP contribution in [0.2, 0.25) is 0 Å². The molecule has 0 aromatic carbocycles. The lowest BCUT2D eigenvalue weighted by Crippen LogP contribution is -2.43. The molecule has 0 spiro atoms. The Morgan fingerprint density at radius 2 is 2.42 bits per heavy atom. The Balaban J connectivity index is 1.43. The van der Waals surface area contributed by atoms with Crippen LogP contribution in [-0.2, 0) is 22.4 Å². The normalized spacial score (nSPS) is 18.4. The maximum Gasteiger partial charge on any atom is 0.228 e. The van der Waals surface area contributed by atoms with Gasteiger partial charge < -0.3 is 9.64 Å². The number of amides is 1. The van der Waals surface area contributed by atoms with Crippen molar-refractivity contribution in [2.75, 3.05) is 19.7 Å². The standard InChI is InChI=1S/C15H18N6O2S/c1-2-12-17-14(19-18-12)11-9-20(3-5-23-11)13(22)7-10-8-21-4-6-24-15(21)16-10/h4,6,8,11H,2-3,5,7,9H2,1H3,(H,17,18,19). The molecule has 1 unspecified atom stereocenters. The van der Waals surface area contributed by atoms with Crippen LogP contribution in [0.1, 0.15) is 30.4 Å². The maximum absolute atomic E-state index is 12.6. The molecule has 1 amide bonds. The van der Waals surface area contributed by atoms with Crippen molar-refractivity contribution < 1.29 is 9.53 Å². The summed E-state index contributed by atoms with van der Waals surface area (Å²) in [4.78, 5) is 24.2. The first kappa shape index (κ1) is 15.3. The summed E-state index contributed by atoms with van der Waals surface area (Å²) >= 11 is 1.56. The van der Waals surface area contributed by atoms with Gasteiger partial charge in [0.2, 0.25) is 5.91 Å². The number of fused-ring (bicyclic) bond motifs is 1. The van der Waals surface area contributed by atoms with Crippen molar-refractivity contribution in [3.63, 3.8) is 0 Å². The maximum atomic E-state index is 12.6. The highest BCUT2D eigenvalue weighted by molar-refractivity contribution is 7.15. The molecule has 0 aliphatic carbocycles. The van der Waals surface area contributed by atoms with Gasteiger partial charge >= 0.3 is 0 Å². The number of hydrogen-bond acceptors (Lipinski definition) is 6. The average molecular weight is 346 g/mol. The topological polar surface area (TPSA) is 88.4 Å². The van der Waals surface area contributed by atoms with E-state index in [1.54, 1.807) is 11.3 Å². The second-order valence-electron chi connectivity index (χ2n) is 5.69. The Labute approximate surface area is 142 Å². The number of nitrogens with zero attached hydrogens (tertiary/aromatic N) is 5. The van der Waals surface area contributed by atoms with Crippen LogP contribution in [0.3, 0.4) is 0 Å². The first-order valence-corrected chi connectivity index (χ1v) is 8.82. The van der Waals surface area contributed by atoms with Crippen LogP contribution in [0.15, 0.2) is 17.8 Å². The molecule has 126 valence electrons. The first-order chi connectivity index (χ1) is 11.7. The number of aryl methyl sites for hydroxylation is 1. The van der Waals surface area contributed by atoms with Crippen molar-refractivity contribution in [2.45, 2.75) is 25.9 Å². The van der Waals surface area contributed by atoms with Crippen molar-refractivity contribution in [1.82, 2.24) is 29.5 Å². The molecule has 0 saturated carbocycles. The highest BCUT2D eigenvalue weighted by Crippen LogP contribution is 2.20. The quantitative estimate of drug-likeness (QED) is 0.767. The average Bonchev–Trinajstić information content (AvgIpc) is 3.30. The number of carbonyl (C=O) groups excluding carboxylic acids is 1. The zero-order chi connectivity index (χ0) is 16.5. The number of rotatable bonds is 4. The lowest BCUT2D eigenvalue weighted by Gasteiger charge is -2.31. The van der Waals surface area contributed by atoms with E-state index in [0.717, 1.165) is 22.9 Å². The third-order valence-corrected chi connectivity index (χ3v) is 4.84. The summed E-state index contributed by atoms with van der Waals surface area (Å²) < 4.78 is 7.67. The minimum absolute atomic E-state index is 0.0558. The van der Waals surface area contributed by atoms with Crippen LogP contribution in [0.25, 0.3) is 4.96 Å². The molecule has 9 heteroatoms. The van der Waals surface area contributed by atoms with E-state index >= 15 is 0 Å². The number of hydrogen-bond donors (Lipinski definition) is 1. The van der Waals surface area contributed by atoms with E-state index in [1.807, 2.05) is 34.0 Å². The second-order valence-corrected chi connectivity index (χ2v) is 6.57. The number of aromatic amines is 1.